The first-order valence-electron chi connectivity index (χ1n) is 29.4. The highest BCUT2D eigenvalue weighted by Crippen LogP contribution is 2.43. The molecule has 2 N–H and O–H groups in total. The van der Waals surface area contributed by atoms with Crippen molar-refractivity contribution in [2.45, 2.75) is 238 Å². The van der Waals surface area contributed by atoms with Crippen molar-refractivity contribution in [1.29, 1.82) is 0 Å². The fourth-order valence-corrected chi connectivity index (χ4v) is 8.26. The summed E-state index contributed by atoms with van der Waals surface area (Å²) in [6, 6.07) is 0. The van der Waals surface area contributed by atoms with Crippen molar-refractivity contribution in [1.82, 2.24) is 0 Å². The summed E-state index contributed by atoms with van der Waals surface area (Å²) in [6.07, 6.45) is 70.4. The Morgan fingerprint density at radius 1 is 0.395 bits per heavy atom. The van der Waals surface area contributed by atoms with E-state index < -0.39 is 57.8 Å². The van der Waals surface area contributed by atoms with E-state index in [1.54, 1.807) is 6.08 Å². The molecule has 0 bridgehead atoms. The molecule has 0 aromatic rings. The summed E-state index contributed by atoms with van der Waals surface area (Å²) in [6.45, 7) is 4.25. The van der Waals surface area contributed by atoms with Gasteiger partial charge in [0.15, 0.2) is 6.10 Å². The van der Waals surface area contributed by atoms with Crippen LogP contribution in [0.4, 0.5) is 0 Å². The zero-order valence-electron chi connectivity index (χ0n) is 47.7. The molecule has 12 heteroatoms. The van der Waals surface area contributed by atoms with Gasteiger partial charge in [0.05, 0.1) is 26.2 Å². The monoisotopic (exact) mass is 1080 g/mol. The van der Waals surface area contributed by atoms with Gasteiger partial charge in [0.25, 0.3) is 0 Å². The van der Waals surface area contributed by atoms with E-state index in [9.17, 15) is 28.9 Å². The molecule has 0 heterocycles. The van der Waals surface area contributed by atoms with Crippen LogP contribution in [0.2, 0.25) is 0 Å². The van der Waals surface area contributed by atoms with Crippen molar-refractivity contribution in [3.63, 3.8) is 0 Å². The van der Waals surface area contributed by atoms with Crippen molar-refractivity contribution >= 4 is 25.7 Å². The van der Waals surface area contributed by atoms with Crippen LogP contribution in [-0.2, 0) is 42.2 Å². The lowest BCUT2D eigenvalue weighted by Crippen LogP contribution is -2.30. The Labute approximate surface area is 462 Å². The summed E-state index contributed by atoms with van der Waals surface area (Å²) in [5.41, 5.74) is 0. The van der Waals surface area contributed by atoms with Crippen molar-refractivity contribution in [2.24, 2.45) is 0 Å². The summed E-state index contributed by atoms with van der Waals surface area (Å²) in [7, 11) is -4.79. The van der Waals surface area contributed by atoms with Gasteiger partial charge in [0.2, 0.25) is 0 Å². The Morgan fingerprint density at radius 2 is 0.737 bits per heavy atom. The quantitative estimate of drug-likeness (QED) is 0.0197. The Balaban J connectivity index is 4.83. The van der Waals surface area contributed by atoms with Crippen LogP contribution in [0, 0.1) is 0 Å². The van der Waals surface area contributed by atoms with E-state index in [-0.39, 0.29) is 25.9 Å². The summed E-state index contributed by atoms with van der Waals surface area (Å²) in [4.78, 5) is 48.5. The standard InChI is InChI=1S/C64H105O11P/c1-4-7-10-13-16-19-22-25-28-29-30-31-34-35-38-41-44-47-50-53-62(66)71-57-61(75-64(68)55-52-49-46-43-40-37-33-27-24-21-18-15-12-9-6-3)59-73-76(69,70)72-58-60(56-65)74-63(67)54-51-48-45-42-39-36-32-26-23-20-17-14-11-8-5-2/h8-9,11-12,16-21,25-28,32-33,40,43,49,52,60-61,65H,4-7,10,13-15,22-24,29-31,34-39,41-42,44-48,50-51,53-59H2,1-3H3,(H,69,70)/b11-8-,12-9-,19-16-,20-17-,21-18-,28-25-,32-26-,33-27-,43-40-,52-49-. The van der Waals surface area contributed by atoms with Gasteiger partial charge >= 0.3 is 25.7 Å². The van der Waals surface area contributed by atoms with Gasteiger partial charge in [-0.2, -0.15) is 0 Å². The average Bonchev–Trinajstić information content (AvgIpc) is 3.41. The highest BCUT2D eigenvalue weighted by Gasteiger charge is 2.28. The van der Waals surface area contributed by atoms with E-state index in [4.69, 9.17) is 23.3 Å². The molecule has 0 aromatic heterocycles. The van der Waals surface area contributed by atoms with Crippen LogP contribution in [0.25, 0.3) is 0 Å². The number of ether oxygens (including phenoxy) is 3. The van der Waals surface area contributed by atoms with E-state index in [0.29, 0.717) is 19.3 Å². The maximum absolute atomic E-state index is 12.9. The smallest absolute Gasteiger partial charge is 0.462 e. The highest BCUT2D eigenvalue weighted by molar-refractivity contribution is 7.47. The second-order valence-corrected chi connectivity index (χ2v) is 20.5. The zero-order valence-corrected chi connectivity index (χ0v) is 48.6. The molecule has 0 saturated carbocycles. The second kappa shape index (κ2) is 57.1. The van der Waals surface area contributed by atoms with Crippen LogP contribution >= 0.6 is 7.82 Å². The molecule has 0 aliphatic heterocycles. The minimum absolute atomic E-state index is 0.0722. The molecule has 0 fully saturated rings. The van der Waals surface area contributed by atoms with E-state index in [1.165, 1.54) is 57.8 Å². The van der Waals surface area contributed by atoms with Gasteiger partial charge in [-0.3, -0.25) is 23.4 Å². The SMILES string of the molecule is CC/C=C\C/C=C\C/C=C\C/C=C\C/C=C\CC(=O)OC(COC(=O)CCCCCCCCCCC/C=C\C/C=C\CCCCC)COP(=O)(O)OCC(CO)OC(=O)CCCCCCC/C=C\C/C=C\C/C=C\CC. The molecule has 0 rings (SSSR count). The summed E-state index contributed by atoms with van der Waals surface area (Å²) < 4.78 is 39.4. The lowest BCUT2D eigenvalue weighted by Gasteiger charge is -2.21. The highest BCUT2D eigenvalue weighted by atomic mass is 31.2. The minimum atomic E-state index is -4.79. The third-order valence-electron chi connectivity index (χ3n) is 11.9. The predicted octanol–water partition coefficient (Wildman–Crippen LogP) is 17.6. The number of aliphatic hydroxyl groups is 1. The molecule has 432 valence electrons. The Bertz CT molecular complexity index is 1740. The lowest BCUT2D eigenvalue weighted by molar-refractivity contribution is -0.160. The van der Waals surface area contributed by atoms with Crippen LogP contribution < -0.4 is 0 Å². The number of rotatable bonds is 53. The molecule has 0 spiro atoms. The van der Waals surface area contributed by atoms with E-state index in [0.717, 1.165) is 109 Å². The summed E-state index contributed by atoms with van der Waals surface area (Å²) in [5.74, 6) is -1.65. The van der Waals surface area contributed by atoms with Crippen LogP contribution in [0.15, 0.2) is 122 Å². The Hall–Kier alpha value is -4.12. The number of phosphoric ester groups is 1. The van der Waals surface area contributed by atoms with Crippen molar-refractivity contribution in [2.75, 3.05) is 26.4 Å². The van der Waals surface area contributed by atoms with Gasteiger partial charge in [-0.05, 0) is 109 Å². The number of allylic oxidation sites excluding steroid dienone is 19. The van der Waals surface area contributed by atoms with Gasteiger partial charge in [0, 0.05) is 12.8 Å². The molecule has 0 amide bonds. The van der Waals surface area contributed by atoms with E-state index >= 15 is 0 Å². The maximum Gasteiger partial charge on any atom is 0.472 e. The molecule has 3 atom stereocenters. The van der Waals surface area contributed by atoms with Crippen molar-refractivity contribution in [3.8, 4) is 0 Å². The number of carbonyl (C=O) groups is 3. The number of carbonyl (C=O) groups excluding carboxylic acids is 3. The van der Waals surface area contributed by atoms with E-state index in [2.05, 4.69) is 118 Å². The third kappa shape index (κ3) is 54.7. The first-order chi connectivity index (χ1) is 37.2. The van der Waals surface area contributed by atoms with E-state index in [1.807, 2.05) is 18.2 Å². The maximum atomic E-state index is 12.9. The normalized spacial score (nSPS) is 14.2. The zero-order chi connectivity index (χ0) is 55.5. The number of hydrogen-bond donors (Lipinski definition) is 2. The van der Waals surface area contributed by atoms with Crippen molar-refractivity contribution < 1.29 is 52.2 Å². The Kier molecular flexibility index (Phi) is 54.0. The van der Waals surface area contributed by atoms with Gasteiger partial charge in [-0.1, -0.05) is 219 Å². The van der Waals surface area contributed by atoms with Gasteiger partial charge < -0.3 is 24.2 Å². The molecule has 0 radical (unpaired) electrons. The molecular weight excluding hydrogens is 976 g/mol. The average molecular weight is 1080 g/mol. The number of hydrogen-bond acceptors (Lipinski definition) is 10. The first-order valence-corrected chi connectivity index (χ1v) is 30.9. The van der Waals surface area contributed by atoms with Gasteiger partial charge in [0.1, 0.15) is 12.7 Å². The Morgan fingerprint density at radius 3 is 1.16 bits per heavy atom. The number of phosphoric acid groups is 1. The summed E-state index contributed by atoms with van der Waals surface area (Å²) in [5, 5.41) is 9.82. The largest absolute Gasteiger partial charge is 0.472 e. The lowest BCUT2D eigenvalue weighted by atomic mass is 10.1. The topological polar surface area (TPSA) is 155 Å². The molecular formula is C64H105O11P. The molecule has 0 saturated heterocycles. The van der Waals surface area contributed by atoms with Gasteiger partial charge in [-0.25, -0.2) is 4.57 Å². The van der Waals surface area contributed by atoms with Crippen LogP contribution in [-0.4, -0.2) is 66.5 Å². The predicted molar refractivity (Wildman–Crippen MR) is 316 cm³/mol. The minimum Gasteiger partial charge on any atom is -0.462 e. The number of esters is 3. The van der Waals surface area contributed by atoms with Crippen molar-refractivity contribution in [3.05, 3.63) is 122 Å². The molecule has 3 unspecified atom stereocenters. The molecule has 0 aliphatic carbocycles. The van der Waals surface area contributed by atoms with Crippen LogP contribution in [0.3, 0.4) is 0 Å². The fraction of sp³-hybridized carbons (Fsp3) is 0.641. The van der Waals surface area contributed by atoms with Gasteiger partial charge in [-0.15, -0.1) is 0 Å². The molecule has 76 heavy (non-hydrogen) atoms. The summed E-state index contributed by atoms with van der Waals surface area (Å²) >= 11 is 0. The second-order valence-electron chi connectivity index (χ2n) is 19.1. The first kappa shape index (κ1) is 71.9. The molecule has 0 aromatic carbocycles. The van der Waals surface area contributed by atoms with Crippen LogP contribution in [0.1, 0.15) is 226 Å². The number of aliphatic hydroxyl groups excluding tert-OH is 1. The third-order valence-corrected chi connectivity index (χ3v) is 12.8. The number of unbranched alkanes of at least 4 members (excludes halogenated alkanes) is 17. The van der Waals surface area contributed by atoms with Crippen LogP contribution in [0.5, 0.6) is 0 Å². The fourth-order valence-electron chi connectivity index (χ4n) is 7.48. The molecule has 11 nitrogen and oxygen atoms in total. The molecule has 0 aliphatic rings.